The van der Waals surface area contributed by atoms with Crippen LogP contribution < -0.4 is 5.32 Å². The fourth-order valence-corrected chi connectivity index (χ4v) is 1.54. The number of hydrogen-bond donors (Lipinski definition) is 1. The molecule has 0 aromatic heterocycles. The summed E-state index contributed by atoms with van der Waals surface area (Å²) in [4.78, 5) is 23.8. The number of carbonyl (C=O) groups excluding carboxylic acids is 2. The molecule has 0 aliphatic heterocycles. The van der Waals surface area contributed by atoms with Gasteiger partial charge in [-0.15, -0.1) is 0 Å². The van der Waals surface area contributed by atoms with Gasteiger partial charge in [0.1, 0.15) is 18.2 Å². The number of nitrogens with one attached hydrogen (secondary N) is 1. The van der Waals surface area contributed by atoms with E-state index in [4.69, 9.17) is 10.8 Å². The second kappa shape index (κ2) is 7.67. The van der Waals surface area contributed by atoms with Crippen LogP contribution in [0.2, 0.25) is 0 Å². The molecule has 2 atom stereocenters. The van der Waals surface area contributed by atoms with Crippen molar-refractivity contribution in [1.29, 1.82) is 0 Å². The Morgan fingerprint density at radius 3 is 2.43 bits per heavy atom. The van der Waals surface area contributed by atoms with Gasteiger partial charge in [0.15, 0.2) is 0 Å². The number of alkyl carbamates (subject to hydrolysis) is 1. The van der Waals surface area contributed by atoms with Crippen LogP contribution in [0.15, 0.2) is 30.3 Å². The van der Waals surface area contributed by atoms with Crippen molar-refractivity contribution < 1.29 is 20.4 Å². The molecular weight excluding hydrogens is 270 g/mol. The molecule has 0 saturated heterocycles. The van der Waals surface area contributed by atoms with Gasteiger partial charge in [0.2, 0.25) is 0 Å². The first-order chi connectivity index (χ1) is 10.2. The van der Waals surface area contributed by atoms with E-state index in [2.05, 4.69) is 5.32 Å². The molecule has 1 amide bonds. The predicted octanol–water partition coefficient (Wildman–Crippen LogP) is 3.03. The molecule has 5 heteroatoms. The van der Waals surface area contributed by atoms with Crippen LogP contribution in [0.3, 0.4) is 0 Å². The fraction of sp³-hybridized carbons (Fsp3) is 0.500. The Kier molecular flexibility index (Phi) is 5.60. The zero-order valence-corrected chi connectivity index (χ0v) is 12.9. The Labute approximate surface area is 127 Å². The predicted molar refractivity (Wildman–Crippen MR) is 79.7 cm³/mol. The van der Waals surface area contributed by atoms with Crippen molar-refractivity contribution in [1.82, 2.24) is 5.32 Å². The number of esters is 1. The van der Waals surface area contributed by atoms with E-state index in [1.807, 2.05) is 30.3 Å². The van der Waals surface area contributed by atoms with Gasteiger partial charge >= 0.3 is 12.1 Å². The van der Waals surface area contributed by atoms with Crippen molar-refractivity contribution in [2.24, 2.45) is 0 Å². The molecule has 0 bridgehead atoms. The van der Waals surface area contributed by atoms with E-state index >= 15 is 0 Å². The lowest BCUT2D eigenvalue weighted by Crippen LogP contribution is -2.43. The maximum Gasteiger partial charge on any atom is 0.408 e. The maximum atomic E-state index is 12.0. The molecule has 116 valence electrons. The molecule has 0 radical (unpaired) electrons. The first kappa shape index (κ1) is 15.4. The summed E-state index contributed by atoms with van der Waals surface area (Å²) in [5.41, 5.74) is 0.158. The van der Waals surface area contributed by atoms with E-state index in [9.17, 15) is 9.59 Å². The van der Waals surface area contributed by atoms with E-state index in [-0.39, 0.29) is 6.61 Å². The van der Waals surface area contributed by atoms with Crippen LogP contribution >= 0.6 is 0 Å². The van der Waals surface area contributed by atoms with Crippen molar-refractivity contribution >= 4 is 12.1 Å². The van der Waals surface area contributed by atoms with Crippen molar-refractivity contribution in [3.8, 4) is 0 Å². The SMILES string of the molecule is [2H]C(C)[C@H](NC(=O)OCc1ccccc1)C(=O)OC(C)(C)C. The summed E-state index contributed by atoms with van der Waals surface area (Å²) in [5.74, 6) is -0.647. The summed E-state index contributed by atoms with van der Waals surface area (Å²) in [6.45, 7) is 6.78. The lowest BCUT2D eigenvalue weighted by atomic mass is 10.1. The monoisotopic (exact) mass is 294 g/mol. The molecule has 0 saturated carbocycles. The number of ether oxygens (including phenoxy) is 2. The summed E-state index contributed by atoms with van der Waals surface area (Å²) in [5, 5.41) is 2.39. The highest BCUT2D eigenvalue weighted by atomic mass is 16.6. The Balaban J connectivity index is 2.55. The van der Waals surface area contributed by atoms with E-state index in [0.29, 0.717) is 0 Å². The van der Waals surface area contributed by atoms with Gasteiger partial charge in [-0.05, 0) is 32.7 Å². The number of benzene rings is 1. The normalized spacial score (nSPS) is 14.6. The molecule has 1 N–H and O–H groups in total. The average molecular weight is 294 g/mol. The molecular formula is C16H23NO4. The molecule has 0 aliphatic rings. The summed E-state index contributed by atoms with van der Waals surface area (Å²) < 4.78 is 17.9. The van der Waals surface area contributed by atoms with Crippen LogP contribution in [-0.4, -0.2) is 23.7 Å². The second-order valence-electron chi connectivity index (χ2n) is 5.55. The Morgan fingerprint density at radius 2 is 1.90 bits per heavy atom. The van der Waals surface area contributed by atoms with Crippen molar-refractivity contribution in [2.75, 3.05) is 0 Å². The minimum atomic E-state index is -1.07. The third-order valence-corrected chi connectivity index (χ3v) is 2.48. The van der Waals surface area contributed by atoms with Crippen LogP contribution in [0.5, 0.6) is 0 Å². The highest BCUT2D eigenvalue weighted by Gasteiger charge is 2.25. The van der Waals surface area contributed by atoms with Crippen LogP contribution in [0.25, 0.3) is 0 Å². The molecule has 21 heavy (non-hydrogen) atoms. The zero-order valence-electron chi connectivity index (χ0n) is 13.9. The van der Waals surface area contributed by atoms with E-state index in [1.165, 1.54) is 6.92 Å². The van der Waals surface area contributed by atoms with Crippen LogP contribution in [-0.2, 0) is 20.9 Å². The summed E-state index contributed by atoms with van der Waals surface area (Å²) in [6, 6.07) is 8.13. The summed E-state index contributed by atoms with van der Waals surface area (Å²) >= 11 is 0. The average Bonchev–Trinajstić information content (AvgIpc) is 2.41. The first-order valence-corrected chi connectivity index (χ1v) is 6.81. The van der Waals surface area contributed by atoms with Gasteiger partial charge in [-0.1, -0.05) is 37.3 Å². The van der Waals surface area contributed by atoms with Crippen LogP contribution in [0.4, 0.5) is 4.79 Å². The minimum Gasteiger partial charge on any atom is -0.458 e. The first-order valence-electron chi connectivity index (χ1n) is 7.39. The summed E-state index contributed by atoms with van der Waals surface area (Å²) in [7, 11) is 0. The molecule has 0 heterocycles. The van der Waals surface area contributed by atoms with Crippen LogP contribution in [0.1, 0.15) is 41.0 Å². The number of carbonyl (C=O) groups is 2. The van der Waals surface area contributed by atoms with Gasteiger partial charge in [0.25, 0.3) is 0 Å². The standard InChI is InChI=1S/C16H23NO4/c1-5-13(14(18)21-16(2,3)4)17-15(19)20-11-12-9-7-6-8-10-12/h6-10,13H,5,11H2,1-4H3,(H,17,19)/t13-/m0/s1/i5D/t5?,13-. The third-order valence-electron chi connectivity index (χ3n) is 2.48. The third kappa shape index (κ3) is 6.79. The summed E-state index contributed by atoms with van der Waals surface area (Å²) in [6.07, 6.45) is -1.60. The second-order valence-corrected chi connectivity index (χ2v) is 5.55. The van der Waals surface area contributed by atoms with Gasteiger partial charge in [0, 0.05) is 1.37 Å². The Bertz CT molecular complexity index is 497. The van der Waals surface area contributed by atoms with E-state index in [1.54, 1.807) is 20.8 Å². The number of rotatable bonds is 5. The molecule has 0 fully saturated rings. The molecule has 1 aromatic rings. The smallest absolute Gasteiger partial charge is 0.408 e. The number of amides is 1. The van der Waals surface area contributed by atoms with Crippen LogP contribution in [0, 0.1) is 0 Å². The van der Waals surface area contributed by atoms with E-state index in [0.717, 1.165) is 5.56 Å². The van der Waals surface area contributed by atoms with Gasteiger partial charge < -0.3 is 14.8 Å². The quantitative estimate of drug-likeness (QED) is 0.848. The van der Waals surface area contributed by atoms with Crippen molar-refractivity contribution in [3.05, 3.63) is 35.9 Å². The fourth-order valence-electron chi connectivity index (χ4n) is 1.54. The Hall–Kier alpha value is -2.04. The van der Waals surface area contributed by atoms with Crippen molar-refractivity contribution in [2.45, 2.75) is 52.3 Å². The van der Waals surface area contributed by atoms with E-state index < -0.39 is 30.1 Å². The maximum absolute atomic E-state index is 12.0. The number of hydrogen-bond acceptors (Lipinski definition) is 4. The minimum absolute atomic E-state index is 0.0973. The van der Waals surface area contributed by atoms with Gasteiger partial charge in [0.05, 0.1) is 0 Å². The van der Waals surface area contributed by atoms with Gasteiger partial charge in [-0.3, -0.25) is 0 Å². The lowest BCUT2D eigenvalue weighted by Gasteiger charge is -2.23. The molecule has 1 aromatic carbocycles. The zero-order chi connectivity index (χ0) is 16.8. The van der Waals surface area contributed by atoms with Gasteiger partial charge in [-0.2, -0.15) is 0 Å². The van der Waals surface area contributed by atoms with Crippen molar-refractivity contribution in [3.63, 3.8) is 0 Å². The highest BCUT2D eigenvalue weighted by molar-refractivity contribution is 5.81. The largest absolute Gasteiger partial charge is 0.458 e. The lowest BCUT2D eigenvalue weighted by molar-refractivity contribution is -0.157. The molecule has 1 unspecified atom stereocenters. The molecule has 0 spiro atoms. The van der Waals surface area contributed by atoms with Gasteiger partial charge in [-0.25, -0.2) is 9.59 Å². The molecule has 0 aliphatic carbocycles. The topological polar surface area (TPSA) is 64.6 Å². The highest BCUT2D eigenvalue weighted by Crippen LogP contribution is 2.10. The molecule has 1 rings (SSSR count). The Morgan fingerprint density at radius 1 is 1.29 bits per heavy atom. The molecule has 5 nitrogen and oxygen atoms in total.